The van der Waals surface area contributed by atoms with E-state index < -0.39 is 10.8 Å². The van der Waals surface area contributed by atoms with E-state index in [0.717, 1.165) is 6.07 Å². The van der Waals surface area contributed by atoms with E-state index in [1.54, 1.807) is 0 Å². The normalized spacial score (nSPS) is 9.45. The summed E-state index contributed by atoms with van der Waals surface area (Å²) in [7, 11) is 0. The van der Waals surface area contributed by atoms with Gasteiger partial charge in [0.1, 0.15) is 4.92 Å². The van der Waals surface area contributed by atoms with Crippen LogP contribution >= 0.6 is 0 Å². The number of nitrogens with zero attached hydrogens (tertiary/aromatic N) is 1. The van der Waals surface area contributed by atoms with Crippen molar-refractivity contribution in [1.82, 2.24) is 0 Å². The second-order valence-electron chi connectivity index (χ2n) is 1.81. The first-order valence-corrected chi connectivity index (χ1v) is 2.70. The standard InChI is InChI=1S/C5H5N3O3/c6-5(7)3-1-2-4(11-3)8(9)10/h1-2H,(H3,6,7). The van der Waals surface area contributed by atoms with Gasteiger partial charge in [-0.25, -0.2) is 0 Å². The third-order valence-corrected chi connectivity index (χ3v) is 1.04. The number of hydrogen-bond acceptors (Lipinski definition) is 4. The lowest BCUT2D eigenvalue weighted by Crippen LogP contribution is -2.09. The van der Waals surface area contributed by atoms with Crippen LogP contribution in [0.15, 0.2) is 16.5 Å². The van der Waals surface area contributed by atoms with Crippen molar-refractivity contribution in [2.75, 3.05) is 0 Å². The molecule has 0 aliphatic rings. The van der Waals surface area contributed by atoms with E-state index in [4.69, 9.17) is 11.1 Å². The van der Waals surface area contributed by atoms with Crippen LogP contribution in [0.4, 0.5) is 5.88 Å². The molecule has 1 aromatic rings. The number of nitrogens with two attached hydrogens (primary N) is 1. The molecule has 0 saturated heterocycles. The molecule has 6 nitrogen and oxygen atoms in total. The molecule has 1 aromatic heterocycles. The van der Waals surface area contributed by atoms with Gasteiger partial charge in [0.2, 0.25) is 0 Å². The van der Waals surface area contributed by atoms with Gasteiger partial charge in [0.15, 0.2) is 11.6 Å². The van der Waals surface area contributed by atoms with Crippen LogP contribution in [0.2, 0.25) is 0 Å². The van der Waals surface area contributed by atoms with Crippen molar-refractivity contribution >= 4 is 11.7 Å². The smallest absolute Gasteiger partial charge is 0.397 e. The number of hydrogen-bond donors (Lipinski definition) is 2. The quantitative estimate of drug-likeness (QED) is 0.280. The van der Waals surface area contributed by atoms with E-state index in [2.05, 4.69) is 4.42 Å². The SMILES string of the molecule is N=C(N)c1ccc([N+](=O)[O-])o1. The average molecular weight is 155 g/mol. The van der Waals surface area contributed by atoms with Crippen molar-refractivity contribution in [3.8, 4) is 0 Å². The van der Waals surface area contributed by atoms with E-state index in [1.165, 1.54) is 6.07 Å². The third kappa shape index (κ3) is 1.34. The molecular weight excluding hydrogens is 150 g/mol. The van der Waals surface area contributed by atoms with Gasteiger partial charge in [-0.1, -0.05) is 0 Å². The second kappa shape index (κ2) is 2.41. The fourth-order valence-electron chi connectivity index (χ4n) is 0.571. The van der Waals surface area contributed by atoms with E-state index >= 15 is 0 Å². The monoisotopic (exact) mass is 155 g/mol. The van der Waals surface area contributed by atoms with Gasteiger partial charge in [0.05, 0.1) is 6.07 Å². The number of furan rings is 1. The van der Waals surface area contributed by atoms with Crippen LogP contribution in [0.3, 0.4) is 0 Å². The summed E-state index contributed by atoms with van der Waals surface area (Å²) in [4.78, 5) is 9.35. The molecule has 58 valence electrons. The molecule has 0 bridgehead atoms. The van der Waals surface area contributed by atoms with Crippen LogP contribution in [0.25, 0.3) is 0 Å². The van der Waals surface area contributed by atoms with Gasteiger partial charge in [-0.05, 0) is 6.07 Å². The van der Waals surface area contributed by atoms with E-state index in [0.29, 0.717) is 0 Å². The van der Waals surface area contributed by atoms with Crippen LogP contribution in [0.1, 0.15) is 5.76 Å². The minimum atomic E-state index is -0.688. The largest absolute Gasteiger partial charge is 0.433 e. The van der Waals surface area contributed by atoms with E-state index in [-0.39, 0.29) is 11.6 Å². The van der Waals surface area contributed by atoms with Crippen LogP contribution in [0.5, 0.6) is 0 Å². The molecule has 1 rings (SSSR count). The highest BCUT2D eigenvalue weighted by atomic mass is 16.6. The molecule has 0 aromatic carbocycles. The Balaban J connectivity index is 2.99. The summed E-state index contributed by atoms with van der Waals surface area (Å²) in [6.45, 7) is 0. The molecule has 0 saturated carbocycles. The molecule has 0 radical (unpaired) electrons. The van der Waals surface area contributed by atoms with E-state index in [9.17, 15) is 10.1 Å². The first kappa shape index (κ1) is 7.26. The van der Waals surface area contributed by atoms with Crippen molar-refractivity contribution in [2.24, 2.45) is 5.73 Å². The molecule has 0 fully saturated rings. The Labute approximate surface area is 61.3 Å². The van der Waals surface area contributed by atoms with Crippen LogP contribution in [-0.4, -0.2) is 10.8 Å². The molecule has 3 N–H and O–H groups in total. The predicted octanol–water partition coefficient (Wildman–Crippen LogP) is 0.472. The first-order valence-electron chi connectivity index (χ1n) is 2.70. The van der Waals surface area contributed by atoms with Crippen molar-refractivity contribution in [3.05, 3.63) is 28.0 Å². The lowest BCUT2D eigenvalue weighted by Gasteiger charge is -1.86. The maximum absolute atomic E-state index is 10.0. The maximum Gasteiger partial charge on any atom is 0.433 e. The number of nitrogens with one attached hydrogen (secondary N) is 1. The Morgan fingerprint density at radius 2 is 2.36 bits per heavy atom. The molecular formula is C5H5N3O3. The van der Waals surface area contributed by atoms with Crippen LogP contribution in [0, 0.1) is 15.5 Å². The Morgan fingerprint density at radius 1 is 1.73 bits per heavy atom. The summed E-state index contributed by atoms with van der Waals surface area (Å²) in [5.74, 6) is -0.718. The number of rotatable bonds is 2. The summed E-state index contributed by atoms with van der Waals surface area (Å²) < 4.78 is 4.56. The van der Waals surface area contributed by atoms with Gasteiger partial charge in [0, 0.05) is 0 Å². The Bertz CT molecular complexity index is 275. The fraction of sp³-hybridized carbons (Fsp3) is 0. The highest BCUT2D eigenvalue weighted by Crippen LogP contribution is 2.14. The molecule has 0 aliphatic heterocycles. The molecule has 0 amide bonds. The summed E-state index contributed by atoms with van der Waals surface area (Å²) in [5, 5.41) is 16.9. The molecule has 1 heterocycles. The van der Waals surface area contributed by atoms with Crippen molar-refractivity contribution in [3.63, 3.8) is 0 Å². The van der Waals surface area contributed by atoms with Crippen molar-refractivity contribution in [2.45, 2.75) is 0 Å². The molecule has 0 aliphatic carbocycles. The summed E-state index contributed by atoms with van der Waals surface area (Å²) in [6, 6.07) is 2.43. The Morgan fingerprint density at radius 3 is 2.64 bits per heavy atom. The first-order chi connectivity index (χ1) is 5.11. The molecule has 11 heavy (non-hydrogen) atoms. The number of amidine groups is 1. The molecule has 0 atom stereocenters. The fourth-order valence-corrected chi connectivity index (χ4v) is 0.571. The average Bonchev–Trinajstić information content (AvgIpc) is 2.33. The van der Waals surface area contributed by atoms with Gasteiger partial charge >= 0.3 is 5.88 Å². The van der Waals surface area contributed by atoms with Crippen molar-refractivity contribution < 1.29 is 9.34 Å². The molecule has 0 spiro atoms. The zero-order valence-electron chi connectivity index (χ0n) is 5.40. The lowest BCUT2D eigenvalue weighted by molar-refractivity contribution is -0.402. The van der Waals surface area contributed by atoms with Crippen LogP contribution < -0.4 is 5.73 Å². The molecule has 0 unspecified atom stereocenters. The van der Waals surface area contributed by atoms with Gasteiger partial charge in [-0.3, -0.25) is 15.5 Å². The summed E-state index contributed by atoms with van der Waals surface area (Å²) in [5.41, 5.74) is 4.99. The van der Waals surface area contributed by atoms with Gasteiger partial charge in [-0.15, -0.1) is 0 Å². The minimum absolute atomic E-state index is 0.0108. The van der Waals surface area contributed by atoms with Crippen molar-refractivity contribution in [1.29, 1.82) is 5.41 Å². The Hall–Kier alpha value is -1.85. The molecule has 6 heteroatoms. The minimum Gasteiger partial charge on any atom is -0.397 e. The predicted molar refractivity (Wildman–Crippen MR) is 36.4 cm³/mol. The maximum atomic E-state index is 10.0. The topological polar surface area (TPSA) is 106 Å². The van der Waals surface area contributed by atoms with E-state index in [1.807, 2.05) is 0 Å². The van der Waals surface area contributed by atoms with Gasteiger partial charge < -0.3 is 10.2 Å². The highest BCUT2D eigenvalue weighted by molar-refractivity contribution is 5.92. The van der Waals surface area contributed by atoms with Crippen LogP contribution in [-0.2, 0) is 0 Å². The van der Waals surface area contributed by atoms with Gasteiger partial charge in [-0.2, -0.15) is 0 Å². The lowest BCUT2D eigenvalue weighted by atomic mass is 10.4. The summed E-state index contributed by atoms with van der Waals surface area (Å²) >= 11 is 0. The highest BCUT2D eigenvalue weighted by Gasteiger charge is 2.12. The third-order valence-electron chi connectivity index (χ3n) is 1.04. The Kier molecular flexibility index (Phi) is 1.59. The number of nitrogen functional groups attached to an aromatic ring is 1. The zero-order valence-corrected chi connectivity index (χ0v) is 5.40. The summed E-state index contributed by atoms with van der Waals surface area (Å²) in [6.07, 6.45) is 0. The second-order valence-corrected chi connectivity index (χ2v) is 1.81. The zero-order chi connectivity index (χ0) is 8.43. The van der Waals surface area contributed by atoms with Gasteiger partial charge in [0.25, 0.3) is 0 Å². The number of nitro groups is 1.